The van der Waals surface area contributed by atoms with Gasteiger partial charge in [0.1, 0.15) is 11.0 Å². The Hall–Kier alpha value is -2.94. The topological polar surface area (TPSA) is 30.7 Å². The number of rotatable bonds is 4. The SMILES string of the molecule is Cc1ccc(-c2ccc(-c3ccc(C)cc3)c3nn(CC(C)C)nc23)cc1. The van der Waals surface area contributed by atoms with E-state index in [1.807, 2.05) is 4.80 Å². The average molecular weight is 355 g/mol. The molecule has 4 aromatic rings. The minimum Gasteiger partial charge on any atom is -0.183 e. The van der Waals surface area contributed by atoms with E-state index in [9.17, 15) is 0 Å². The van der Waals surface area contributed by atoms with Crippen molar-refractivity contribution in [2.45, 2.75) is 34.2 Å². The third kappa shape index (κ3) is 3.50. The summed E-state index contributed by atoms with van der Waals surface area (Å²) >= 11 is 0. The molecule has 4 rings (SSSR count). The number of benzene rings is 3. The monoisotopic (exact) mass is 355 g/mol. The Morgan fingerprint density at radius 1 is 0.667 bits per heavy atom. The van der Waals surface area contributed by atoms with Gasteiger partial charge in [0.15, 0.2) is 0 Å². The molecule has 0 saturated heterocycles. The van der Waals surface area contributed by atoms with Gasteiger partial charge < -0.3 is 0 Å². The predicted molar refractivity (Wildman–Crippen MR) is 113 cm³/mol. The van der Waals surface area contributed by atoms with Crippen LogP contribution in [0.5, 0.6) is 0 Å². The van der Waals surface area contributed by atoms with E-state index in [4.69, 9.17) is 10.2 Å². The summed E-state index contributed by atoms with van der Waals surface area (Å²) in [6.07, 6.45) is 0. The van der Waals surface area contributed by atoms with Gasteiger partial charge in [-0.1, -0.05) is 85.6 Å². The lowest BCUT2D eigenvalue weighted by molar-refractivity contribution is 0.442. The number of fused-ring (bicyclic) bond motifs is 1. The van der Waals surface area contributed by atoms with Crippen LogP contribution in [0.3, 0.4) is 0 Å². The first-order valence-electron chi connectivity index (χ1n) is 9.53. The van der Waals surface area contributed by atoms with Gasteiger partial charge in [0.2, 0.25) is 0 Å². The molecule has 0 radical (unpaired) electrons. The summed E-state index contributed by atoms with van der Waals surface area (Å²) in [6.45, 7) is 9.42. The van der Waals surface area contributed by atoms with Crippen molar-refractivity contribution in [2.75, 3.05) is 0 Å². The van der Waals surface area contributed by atoms with E-state index in [1.165, 1.54) is 22.3 Å². The molecule has 0 saturated carbocycles. The van der Waals surface area contributed by atoms with Gasteiger partial charge in [-0.3, -0.25) is 0 Å². The van der Waals surface area contributed by atoms with Crippen LogP contribution in [0.25, 0.3) is 33.3 Å². The molecule has 0 unspecified atom stereocenters. The summed E-state index contributed by atoms with van der Waals surface area (Å²) in [5, 5.41) is 9.72. The minimum absolute atomic E-state index is 0.498. The first kappa shape index (κ1) is 17.5. The quantitative estimate of drug-likeness (QED) is 0.447. The summed E-state index contributed by atoms with van der Waals surface area (Å²) in [7, 11) is 0. The van der Waals surface area contributed by atoms with Gasteiger partial charge in [0, 0.05) is 11.1 Å². The summed E-state index contributed by atoms with van der Waals surface area (Å²) in [5.74, 6) is 0.498. The highest BCUT2D eigenvalue weighted by Crippen LogP contribution is 2.34. The molecule has 0 fully saturated rings. The highest BCUT2D eigenvalue weighted by Gasteiger charge is 2.15. The molecule has 0 spiro atoms. The fourth-order valence-corrected chi connectivity index (χ4v) is 3.38. The Morgan fingerprint density at radius 3 is 1.44 bits per heavy atom. The Balaban J connectivity index is 1.93. The zero-order valence-corrected chi connectivity index (χ0v) is 16.4. The van der Waals surface area contributed by atoms with Crippen molar-refractivity contribution < 1.29 is 0 Å². The first-order chi connectivity index (χ1) is 13.0. The van der Waals surface area contributed by atoms with Crippen molar-refractivity contribution in [3.63, 3.8) is 0 Å². The molecule has 0 aliphatic rings. The zero-order valence-electron chi connectivity index (χ0n) is 16.4. The molecule has 1 heterocycles. The van der Waals surface area contributed by atoms with Crippen LogP contribution in [-0.2, 0) is 6.54 Å². The third-order valence-corrected chi connectivity index (χ3v) is 4.84. The maximum Gasteiger partial charge on any atom is 0.121 e. The largest absolute Gasteiger partial charge is 0.183 e. The standard InChI is InChI=1S/C24H25N3/c1-16(2)15-27-25-23-21(19-9-5-17(3)6-10-19)13-14-22(24(23)26-27)20-11-7-18(4)8-12-20/h5-14,16H,15H2,1-4H3. The highest BCUT2D eigenvalue weighted by molar-refractivity contribution is 6.00. The van der Waals surface area contributed by atoms with Gasteiger partial charge in [-0.15, -0.1) is 0 Å². The second-order valence-electron chi connectivity index (χ2n) is 7.74. The Labute approximate surface area is 160 Å². The van der Waals surface area contributed by atoms with Gasteiger partial charge in [-0.2, -0.15) is 15.0 Å². The minimum atomic E-state index is 0.498. The Bertz CT molecular complexity index is 989. The van der Waals surface area contributed by atoms with E-state index < -0.39 is 0 Å². The van der Waals surface area contributed by atoms with Gasteiger partial charge in [-0.05, 0) is 30.9 Å². The smallest absolute Gasteiger partial charge is 0.121 e. The van der Waals surface area contributed by atoms with Crippen molar-refractivity contribution in [3.8, 4) is 22.3 Å². The van der Waals surface area contributed by atoms with Crippen LogP contribution in [0, 0.1) is 19.8 Å². The fourth-order valence-electron chi connectivity index (χ4n) is 3.38. The lowest BCUT2D eigenvalue weighted by Crippen LogP contribution is -2.07. The van der Waals surface area contributed by atoms with Crippen LogP contribution in [0.15, 0.2) is 60.7 Å². The summed E-state index contributed by atoms with van der Waals surface area (Å²) < 4.78 is 0. The maximum absolute atomic E-state index is 4.86. The van der Waals surface area contributed by atoms with E-state index in [2.05, 4.69) is 88.4 Å². The molecule has 3 aromatic carbocycles. The molecule has 0 atom stereocenters. The van der Waals surface area contributed by atoms with Gasteiger partial charge in [0.25, 0.3) is 0 Å². The number of nitrogens with zero attached hydrogens (tertiary/aromatic N) is 3. The number of hydrogen-bond donors (Lipinski definition) is 0. The molecule has 0 bridgehead atoms. The number of hydrogen-bond acceptors (Lipinski definition) is 2. The third-order valence-electron chi connectivity index (χ3n) is 4.84. The van der Waals surface area contributed by atoms with Crippen LogP contribution >= 0.6 is 0 Å². The average Bonchev–Trinajstić information content (AvgIpc) is 3.05. The lowest BCUT2D eigenvalue weighted by atomic mass is 9.97. The van der Waals surface area contributed by atoms with E-state index in [0.29, 0.717) is 5.92 Å². The fraction of sp³-hybridized carbons (Fsp3) is 0.250. The van der Waals surface area contributed by atoms with Crippen molar-refractivity contribution in [2.24, 2.45) is 5.92 Å². The molecule has 3 nitrogen and oxygen atoms in total. The first-order valence-corrected chi connectivity index (χ1v) is 9.53. The molecule has 3 heteroatoms. The second kappa shape index (κ2) is 6.99. The predicted octanol–water partition coefficient (Wildman–Crippen LogP) is 6.04. The van der Waals surface area contributed by atoms with E-state index in [1.54, 1.807) is 0 Å². The molecule has 0 aliphatic heterocycles. The normalized spacial score (nSPS) is 11.4. The zero-order chi connectivity index (χ0) is 19.0. The van der Waals surface area contributed by atoms with Crippen molar-refractivity contribution in [1.82, 2.24) is 15.0 Å². The summed E-state index contributed by atoms with van der Waals surface area (Å²) in [6, 6.07) is 21.6. The van der Waals surface area contributed by atoms with Gasteiger partial charge >= 0.3 is 0 Å². The van der Waals surface area contributed by atoms with Crippen LogP contribution < -0.4 is 0 Å². The maximum atomic E-state index is 4.86. The van der Waals surface area contributed by atoms with E-state index in [-0.39, 0.29) is 0 Å². The Kier molecular flexibility index (Phi) is 4.53. The van der Waals surface area contributed by atoms with Crippen LogP contribution in [0.2, 0.25) is 0 Å². The van der Waals surface area contributed by atoms with E-state index >= 15 is 0 Å². The van der Waals surface area contributed by atoms with Crippen molar-refractivity contribution in [3.05, 3.63) is 71.8 Å². The van der Waals surface area contributed by atoms with Crippen LogP contribution in [0.1, 0.15) is 25.0 Å². The van der Waals surface area contributed by atoms with E-state index in [0.717, 1.165) is 28.7 Å². The Morgan fingerprint density at radius 2 is 1.07 bits per heavy atom. The molecule has 0 aliphatic carbocycles. The molecular formula is C24H25N3. The summed E-state index contributed by atoms with van der Waals surface area (Å²) in [4.78, 5) is 1.85. The molecular weight excluding hydrogens is 330 g/mol. The second-order valence-corrected chi connectivity index (χ2v) is 7.74. The number of aromatic nitrogens is 3. The van der Waals surface area contributed by atoms with Gasteiger partial charge in [0.05, 0.1) is 6.54 Å². The van der Waals surface area contributed by atoms with Crippen LogP contribution in [0.4, 0.5) is 0 Å². The molecule has 0 N–H and O–H groups in total. The van der Waals surface area contributed by atoms with Crippen LogP contribution in [-0.4, -0.2) is 15.0 Å². The molecule has 1 aromatic heterocycles. The molecule has 0 amide bonds. The molecule has 136 valence electrons. The highest BCUT2D eigenvalue weighted by atomic mass is 15.5. The summed E-state index contributed by atoms with van der Waals surface area (Å²) in [5.41, 5.74) is 9.08. The molecule has 27 heavy (non-hydrogen) atoms. The number of aryl methyl sites for hydroxylation is 2. The lowest BCUT2D eigenvalue weighted by Gasteiger charge is -2.07. The van der Waals surface area contributed by atoms with Crippen molar-refractivity contribution >= 4 is 11.0 Å². The van der Waals surface area contributed by atoms with Gasteiger partial charge in [-0.25, -0.2) is 0 Å². The van der Waals surface area contributed by atoms with Crippen molar-refractivity contribution in [1.29, 1.82) is 0 Å².